The van der Waals surface area contributed by atoms with E-state index in [-0.39, 0.29) is 18.2 Å². The molecule has 1 aromatic carbocycles. The van der Waals surface area contributed by atoms with Crippen molar-refractivity contribution < 1.29 is 9.59 Å². The number of anilines is 2. The van der Waals surface area contributed by atoms with Crippen LogP contribution in [0.2, 0.25) is 0 Å². The van der Waals surface area contributed by atoms with Gasteiger partial charge in [0.15, 0.2) is 0 Å². The maximum Gasteiger partial charge on any atom is 0.270 e. The van der Waals surface area contributed by atoms with E-state index in [1.807, 2.05) is 12.1 Å². The molecule has 0 spiro atoms. The molecule has 144 valence electrons. The molecule has 1 saturated heterocycles. The lowest BCUT2D eigenvalue weighted by Gasteiger charge is -2.35. The summed E-state index contributed by atoms with van der Waals surface area (Å²) in [5.74, 6) is 0.463. The van der Waals surface area contributed by atoms with Crippen LogP contribution in [0, 0.1) is 0 Å². The highest BCUT2D eigenvalue weighted by molar-refractivity contribution is 9.10. The van der Waals surface area contributed by atoms with Gasteiger partial charge in [-0.25, -0.2) is 15.0 Å². The first kappa shape index (κ1) is 18.5. The summed E-state index contributed by atoms with van der Waals surface area (Å²) >= 11 is 3.38. The minimum absolute atomic E-state index is 0.107. The summed E-state index contributed by atoms with van der Waals surface area (Å²) in [6, 6.07) is 9.08. The van der Waals surface area contributed by atoms with Crippen LogP contribution >= 0.6 is 15.9 Å². The number of benzene rings is 1. The molecule has 9 heteroatoms. The standard InChI is InChI=1S/C19H19BrN6O2/c20-14-2-4-15(5-3-14)26-17(27)7-6-16(23-26)18(28)24-10-12-25(13-11-24)19-21-8-1-9-22-19/h1-5,8-9H,6-7,10-13H2. The van der Waals surface area contributed by atoms with Crippen molar-refractivity contribution in [3.63, 3.8) is 0 Å². The zero-order valence-corrected chi connectivity index (χ0v) is 16.7. The number of rotatable bonds is 3. The minimum atomic E-state index is -0.108. The summed E-state index contributed by atoms with van der Waals surface area (Å²) in [6.45, 7) is 2.47. The van der Waals surface area contributed by atoms with Gasteiger partial charge < -0.3 is 9.80 Å². The van der Waals surface area contributed by atoms with Crippen LogP contribution in [0.25, 0.3) is 0 Å². The van der Waals surface area contributed by atoms with Crippen molar-refractivity contribution in [2.24, 2.45) is 5.10 Å². The molecule has 0 radical (unpaired) electrons. The summed E-state index contributed by atoms with van der Waals surface area (Å²) in [6.07, 6.45) is 4.07. The second-order valence-electron chi connectivity index (χ2n) is 6.56. The lowest BCUT2D eigenvalue weighted by molar-refractivity contribution is -0.124. The van der Waals surface area contributed by atoms with Crippen LogP contribution in [-0.4, -0.2) is 58.6 Å². The van der Waals surface area contributed by atoms with Gasteiger partial charge in [-0.15, -0.1) is 0 Å². The first-order valence-corrected chi connectivity index (χ1v) is 9.88. The molecule has 1 aromatic heterocycles. The molecule has 2 amide bonds. The summed E-state index contributed by atoms with van der Waals surface area (Å²) in [7, 11) is 0. The molecule has 0 saturated carbocycles. The third-order valence-corrected chi connectivity index (χ3v) is 5.28. The van der Waals surface area contributed by atoms with Crippen molar-refractivity contribution in [2.45, 2.75) is 12.8 Å². The lowest BCUT2D eigenvalue weighted by atomic mass is 10.1. The average Bonchev–Trinajstić information content (AvgIpc) is 2.75. The zero-order chi connectivity index (χ0) is 19.5. The monoisotopic (exact) mass is 442 g/mol. The van der Waals surface area contributed by atoms with Crippen LogP contribution in [-0.2, 0) is 9.59 Å². The van der Waals surface area contributed by atoms with Crippen molar-refractivity contribution in [1.29, 1.82) is 0 Å². The summed E-state index contributed by atoms with van der Waals surface area (Å²) in [5, 5.41) is 5.70. The first-order valence-electron chi connectivity index (χ1n) is 9.09. The predicted molar refractivity (Wildman–Crippen MR) is 109 cm³/mol. The van der Waals surface area contributed by atoms with Gasteiger partial charge in [-0.1, -0.05) is 15.9 Å². The molecule has 2 aliphatic heterocycles. The van der Waals surface area contributed by atoms with Crippen molar-refractivity contribution in [3.05, 3.63) is 47.2 Å². The van der Waals surface area contributed by atoms with Gasteiger partial charge in [-0.2, -0.15) is 5.10 Å². The van der Waals surface area contributed by atoms with Crippen LogP contribution in [0.15, 0.2) is 52.3 Å². The van der Waals surface area contributed by atoms with Crippen LogP contribution in [0.5, 0.6) is 0 Å². The molecular formula is C19H19BrN6O2. The molecule has 2 aromatic rings. The normalized spacial score (nSPS) is 17.5. The summed E-state index contributed by atoms with van der Waals surface area (Å²) in [5.41, 5.74) is 1.08. The molecular weight excluding hydrogens is 424 g/mol. The van der Waals surface area contributed by atoms with Crippen LogP contribution in [0.4, 0.5) is 11.6 Å². The number of aromatic nitrogens is 2. The highest BCUT2D eigenvalue weighted by Crippen LogP contribution is 2.23. The van der Waals surface area contributed by atoms with Gasteiger partial charge in [0.2, 0.25) is 11.9 Å². The fourth-order valence-corrected chi connectivity index (χ4v) is 3.50. The van der Waals surface area contributed by atoms with E-state index >= 15 is 0 Å². The van der Waals surface area contributed by atoms with E-state index in [2.05, 4.69) is 35.9 Å². The Hall–Kier alpha value is -2.81. The second kappa shape index (κ2) is 8.05. The molecule has 28 heavy (non-hydrogen) atoms. The highest BCUT2D eigenvalue weighted by atomic mass is 79.9. The molecule has 0 bridgehead atoms. The maximum absolute atomic E-state index is 12.9. The van der Waals surface area contributed by atoms with Crippen molar-refractivity contribution in [2.75, 3.05) is 36.1 Å². The van der Waals surface area contributed by atoms with Crippen molar-refractivity contribution in [3.8, 4) is 0 Å². The lowest BCUT2D eigenvalue weighted by Crippen LogP contribution is -2.52. The van der Waals surface area contributed by atoms with Crippen molar-refractivity contribution in [1.82, 2.24) is 14.9 Å². The molecule has 0 unspecified atom stereocenters. The van der Waals surface area contributed by atoms with Gasteiger partial charge in [0.1, 0.15) is 5.71 Å². The van der Waals surface area contributed by atoms with E-state index in [1.54, 1.807) is 35.5 Å². The molecule has 2 aliphatic rings. The molecule has 3 heterocycles. The number of carbonyl (C=O) groups is 2. The van der Waals surface area contributed by atoms with Gasteiger partial charge >= 0.3 is 0 Å². The van der Waals surface area contributed by atoms with E-state index in [1.165, 1.54) is 5.01 Å². The van der Waals surface area contributed by atoms with E-state index < -0.39 is 0 Å². The summed E-state index contributed by atoms with van der Waals surface area (Å²) in [4.78, 5) is 37.6. The van der Waals surface area contributed by atoms with E-state index in [0.717, 1.165) is 4.47 Å². The molecule has 0 aliphatic carbocycles. The fraction of sp³-hybridized carbons (Fsp3) is 0.316. The SMILES string of the molecule is O=C(C1=NN(c2ccc(Br)cc2)C(=O)CC1)N1CCN(c2ncccn2)CC1. The molecule has 0 N–H and O–H groups in total. The Bertz CT molecular complexity index is 894. The van der Waals surface area contributed by atoms with Gasteiger partial charge in [0, 0.05) is 55.9 Å². The summed E-state index contributed by atoms with van der Waals surface area (Å²) < 4.78 is 0.918. The molecule has 8 nitrogen and oxygen atoms in total. The van der Waals surface area contributed by atoms with Crippen LogP contribution in [0.1, 0.15) is 12.8 Å². The smallest absolute Gasteiger partial charge is 0.270 e. The second-order valence-corrected chi connectivity index (χ2v) is 7.47. The van der Waals surface area contributed by atoms with E-state index in [4.69, 9.17) is 0 Å². The predicted octanol–water partition coefficient (Wildman–Crippen LogP) is 2.07. The number of carbonyl (C=O) groups excluding carboxylic acids is 2. The highest BCUT2D eigenvalue weighted by Gasteiger charge is 2.30. The number of amides is 2. The van der Waals surface area contributed by atoms with Crippen LogP contribution < -0.4 is 9.91 Å². The topological polar surface area (TPSA) is 82.0 Å². The Kier molecular flexibility index (Phi) is 5.34. The first-order chi connectivity index (χ1) is 13.6. The Labute approximate surface area is 171 Å². The molecule has 4 rings (SSSR count). The van der Waals surface area contributed by atoms with Crippen LogP contribution in [0.3, 0.4) is 0 Å². The molecule has 1 fully saturated rings. The number of hydrogen-bond donors (Lipinski definition) is 0. The third kappa shape index (κ3) is 3.89. The number of hydrogen-bond acceptors (Lipinski definition) is 6. The Morgan fingerprint density at radius 1 is 0.964 bits per heavy atom. The Morgan fingerprint density at radius 2 is 1.64 bits per heavy atom. The third-order valence-electron chi connectivity index (χ3n) is 4.75. The van der Waals surface area contributed by atoms with Crippen molar-refractivity contribution >= 4 is 45.1 Å². The minimum Gasteiger partial charge on any atom is -0.337 e. The Balaban J connectivity index is 1.45. The number of piperazine rings is 1. The number of halogens is 1. The Morgan fingerprint density at radius 3 is 2.32 bits per heavy atom. The van der Waals surface area contributed by atoms with Gasteiger partial charge in [0.25, 0.3) is 5.91 Å². The fourth-order valence-electron chi connectivity index (χ4n) is 3.24. The largest absolute Gasteiger partial charge is 0.337 e. The maximum atomic E-state index is 12.9. The molecule has 0 atom stereocenters. The van der Waals surface area contributed by atoms with Gasteiger partial charge in [0.05, 0.1) is 5.69 Å². The number of hydrazone groups is 1. The van der Waals surface area contributed by atoms with Gasteiger partial charge in [-0.3, -0.25) is 9.59 Å². The quantitative estimate of drug-likeness (QED) is 0.726. The average molecular weight is 443 g/mol. The number of nitrogens with zero attached hydrogens (tertiary/aromatic N) is 6. The zero-order valence-electron chi connectivity index (χ0n) is 15.2. The van der Waals surface area contributed by atoms with Gasteiger partial charge in [-0.05, 0) is 30.3 Å². The van der Waals surface area contributed by atoms with E-state index in [9.17, 15) is 9.59 Å². The van der Waals surface area contributed by atoms with E-state index in [0.29, 0.717) is 49.9 Å².